The van der Waals surface area contributed by atoms with Crippen LogP contribution in [0.2, 0.25) is 5.02 Å². The van der Waals surface area contributed by atoms with Gasteiger partial charge < -0.3 is 10.2 Å². The summed E-state index contributed by atoms with van der Waals surface area (Å²) < 4.78 is 3.82. The lowest BCUT2D eigenvalue weighted by molar-refractivity contribution is -0.126. The Kier molecular flexibility index (Phi) is 7.61. The van der Waals surface area contributed by atoms with Gasteiger partial charge in [-0.15, -0.1) is 5.10 Å². The number of nitrogens with one attached hydrogen (secondary N) is 1. The molecule has 1 aliphatic carbocycles. The van der Waals surface area contributed by atoms with E-state index in [-0.39, 0.29) is 23.6 Å². The summed E-state index contributed by atoms with van der Waals surface area (Å²) in [5.41, 5.74) is 1.01. The first kappa shape index (κ1) is 21.7. The monoisotopic (exact) mass is 434 g/mol. The molecule has 0 spiro atoms. The number of hydrogen-bond acceptors (Lipinski definition) is 5. The highest BCUT2D eigenvalue weighted by Crippen LogP contribution is 2.27. The molecule has 0 bridgehead atoms. The molecular formula is C21H27ClN4O2S. The van der Waals surface area contributed by atoms with Gasteiger partial charge in [0.2, 0.25) is 5.91 Å². The van der Waals surface area contributed by atoms with Gasteiger partial charge >= 0.3 is 0 Å². The molecule has 0 unspecified atom stereocenters. The molecule has 1 aromatic heterocycles. The van der Waals surface area contributed by atoms with Crippen LogP contribution in [-0.2, 0) is 4.79 Å². The van der Waals surface area contributed by atoms with Crippen molar-refractivity contribution in [2.45, 2.75) is 58.0 Å². The molecule has 6 nitrogen and oxygen atoms in total. The van der Waals surface area contributed by atoms with Crippen LogP contribution in [0.3, 0.4) is 0 Å². The van der Waals surface area contributed by atoms with Gasteiger partial charge in [-0.2, -0.15) is 0 Å². The van der Waals surface area contributed by atoms with Gasteiger partial charge in [-0.05, 0) is 54.4 Å². The second kappa shape index (κ2) is 10.2. The van der Waals surface area contributed by atoms with Crippen LogP contribution in [0.4, 0.5) is 0 Å². The molecule has 156 valence electrons. The Labute approximate surface area is 180 Å². The molecular weight excluding hydrogens is 408 g/mol. The molecule has 0 saturated heterocycles. The van der Waals surface area contributed by atoms with E-state index in [9.17, 15) is 9.59 Å². The van der Waals surface area contributed by atoms with Crippen molar-refractivity contribution in [3.05, 3.63) is 45.9 Å². The SMILES string of the molecule is CC(C)CCN(C(=O)c1csnn1)[C@H](C(=O)NC1CCCC1)c1ccc(Cl)cc1. The predicted molar refractivity (Wildman–Crippen MR) is 115 cm³/mol. The number of carbonyl (C=O) groups is 2. The highest BCUT2D eigenvalue weighted by Gasteiger charge is 2.34. The summed E-state index contributed by atoms with van der Waals surface area (Å²) in [6.07, 6.45) is 4.99. The Morgan fingerprint density at radius 3 is 2.52 bits per heavy atom. The standard InChI is InChI=1S/C21H27ClN4O2S/c1-14(2)11-12-26(21(28)18-13-29-25-24-18)19(15-7-9-16(22)10-8-15)20(27)23-17-5-3-4-6-17/h7-10,13-14,17,19H,3-6,11-12H2,1-2H3,(H,23,27)/t19-/m0/s1. The van der Waals surface area contributed by atoms with Crippen molar-refractivity contribution in [2.75, 3.05) is 6.54 Å². The van der Waals surface area contributed by atoms with E-state index in [2.05, 4.69) is 28.8 Å². The molecule has 1 atom stereocenters. The Morgan fingerprint density at radius 2 is 1.93 bits per heavy atom. The van der Waals surface area contributed by atoms with Gasteiger partial charge in [0.15, 0.2) is 5.69 Å². The van der Waals surface area contributed by atoms with Crippen molar-refractivity contribution in [1.82, 2.24) is 19.8 Å². The Morgan fingerprint density at radius 1 is 1.24 bits per heavy atom. The van der Waals surface area contributed by atoms with E-state index in [0.717, 1.165) is 49.2 Å². The van der Waals surface area contributed by atoms with Gasteiger partial charge in [-0.25, -0.2) is 0 Å². The number of amides is 2. The summed E-state index contributed by atoms with van der Waals surface area (Å²) in [6.45, 7) is 4.66. The predicted octanol–water partition coefficient (Wildman–Crippen LogP) is 4.48. The van der Waals surface area contributed by atoms with E-state index in [0.29, 0.717) is 17.5 Å². The highest BCUT2D eigenvalue weighted by molar-refractivity contribution is 7.03. The number of benzene rings is 1. The Hall–Kier alpha value is -1.99. The average Bonchev–Trinajstić information content (AvgIpc) is 3.39. The van der Waals surface area contributed by atoms with Gasteiger partial charge in [0.25, 0.3) is 5.91 Å². The first-order valence-electron chi connectivity index (χ1n) is 10.1. The van der Waals surface area contributed by atoms with Crippen LogP contribution in [0.1, 0.15) is 68.0 Å². The van der Waals surface area contributed by atoms with Gasteiger partial charge in [0.1, 0.15) is 6.04 Å². The third kappa shape index (κ3) is 5.76. The van der Waals surface area contributed by atoms with Crippen LogP contribution in [0.15, 0.2) is 29.6 Å². The zero-order valence-electron chi connectivity index (χ0n) is 16.8. The fourth-order valence-corrected chi connectivity index (χ4v) is 4.17. The lowest BCUT2D eigenvalue weighted by atomic mass is 10.0. The highest BCUT2D eigenvalue weighted by atomic mass is 35.5. The molecule has 1 saturated carbocycles. The molecule has 2 aromatic rings. The van der Waals surface area contributed by atoms with Gasteiger partial charge in [-0.3, -0.25) is 9.59 Å². The van der Waals surface area contributed by atoms with Crippen LogP contribution in [-0.4, -0.2) is 38.9 Å². The number of aromatic nitrogens is 2. The Balaban J connectivity index is 1.94. The Bertz CT molecular complexity index is 805. The molecule has 1 aromatic carbocycles. The fraction of sp³-hybridized carbons (Fsp3) is 0.524. The maximum absolute atomic E-state index is 13.4. The van der Waals surface area contributed by atoms with E-state index in [1.165, 1.54) is 0 Å². The minimum atomic E-state index is -0.735. The third-order valence-corrected chi connectivity index (χ3v) is 5.99. The van der Waals surface area contributed by atoms with E-state index < -0.39 is 6.04 Å². The summed E-state index contributed by atoms with van der Waals surface area (Å²) in [4.78, 5) is 28.3. The van der Waals surface area contributed by atoms with Crippen LogP contribution < -0.4 is 5.32 Å². The van der Waals surface area contributed by atoms with Crippen molar-refractivity contribution in [1.29, 1.82) is 0 Å². The molecule has 0 radical (unpaired) electrons. The second-order valence-corrected chi connectivity index (χ2v) is 8.96. The largest absolute Gasteiger partial charge is 0.351 e. The smallest absolute Gasteiger partial charge is 0.276 e. The molecule has 1 N–H and O–H groups in total. The summed E-state index contributed by atoms with van der Waals surface area (Å²) in [5, 5.41) is 9.32. The van der Waals surface area contributed by atoms with Crippen molar-refractivity contribution in [3.63, 3.8) is 0 Å². The summed E-state index contributed by atoms with van der Waals surface area (Å²) in [6, 6.07) is 6.57. The van der Waals surface area contributed by atoms with Gasteiger partial charge in [-0.1, -0.05) is 54.9 Å². The normalized spacial score (nSPS) is 15.4. The van der Waals surface area contributed by atoms with Crippen LogP contribution in [0, 0.1) is 5.92 Å². The first-order valence-corrected chi connectivity index (χ1v) is 11.3. The van der Waals surface area contributed by atoms with E-state index in [4.69, 9.17) is 11.6 Å². The number of halogens is 1. The molecule has 3 rings (SSSR count). The van der Waals surface area contributed by atoms with Crippen LogP contribution in [0.5, 0.6) is 0 Å². The topological polar surface area (TPSA) is 75.2 Å². The lowest BCUT2D eigenvalue weighted by Gasteiger charge is -2.32. The van der Waals surface area contributed by atoms with E-state index in [1.54, 1.807) is 22.4 Å². The molecule has 1 heterocycles. The summed E-state index contributed by atoms with van der Waals surface area (Å²) >= 11 is 7.19. The fourth-order valence-electron chi connectivity index (χ4n) is 3.62. The number of nitrogens with zero attached hydrogens (tertiary/aromatic N) is 3. The number of rotatable bonds is 8. The molecule has 0 aliphatic heterocycles. The van der Waals surface area contributed by atoms with Gasteiger partial charge in [0.05, 0.1) is 0 Å². The van der Waals surface area contributed by atoms with E-state index in [1.807, 2.05) is 12.1 Å². The zero-order valence-corrected chi connectivity index (χ0v) is 18.4. The minimum Gasteiger partial charge on any atom is -0.351 e. The summed E-state index contributed by atoms with van der Waals surface area (Å²) in [5.74, 6) is -0.0388. The molecule has 1 aliphatic rings. The quantitative estimate of drug-likeness (QED) is 0.664. The van der Waals surface area contributed by atoms with Crippen LogP contribution >= 0.6 is 23.1 Å². The van der Waals surface area contributed by atoms with Crippen molar-refractivity contribution >= 4 is 34.9 Å². The van der Waals surface area contributed by atoms with Crippen molar-refractivity contribution in [2.24, 2.45) is 5.92 Å². The third-order valence-electron chi connectivity index (χ3n) is 5.23. The maximum atomic E-state index is 13.4. The average molecular weight is 435 g/mol. The second-order valence-electron chi connectivity index (χ2n) is 7.92. The zero-order chi connectivity index (χ0) is 20.8. The molecule has 2 amide bonds. The summed E-state index contributed by atoms with van der Waals surface area (Å²) in [7, 11) is 0. The minimum absolute atomic E-state index is 0.153. The number of carbonyl (C=O) groups excluding carboxylic acids is 2. The maximum Gasteiger partial charge on any atom is 0.276 e. The van der Waals surface area contributed by atoms with Crippen molar-refractivity contribution < 1.29 is 9.59 Å². The van der Waals surface area contributed by atoms with E-state index >= 15 is 0 Å². The lowest BCUT2D eigenvalue weighted by Crippen LogP contribution is -2.46. The van der Waals surface area contributed by atoms with Crippen molar-refractivity contribution in [3.8, 4) is 0 Å². The molecule has 8 heteroatoms. The van der Waals surface area contributed by atoms with Crippen LogP contribution in [0.25, 0.3) is 0 Å². The van der Waals surface area contributed by atoms with Gasteiger partial charge in [0, 0.05) is 23.0 Å². The first-order chi connectivity index (χ1) is 14.0. The number of hydrogen-bond donors (Lipinski definition) is 1. The molecule has 1 fully saturated rings. The molecule has 29 heavy (non-hydrogen) atoms.